The average molecular weight is 269 g/mol. The fourth-order valence-corrected chi connectivity index (χ4v) is 2.18. The van der Waals surface area contributed by atoms with E-state index in [9.17, 15) is 9.18 Å². The van der Waals surface area contributed by atoms with Crippen molar-refractivity contribution < 1.29 is 9.13 Å². The van der Waals surface area contributed by atoms with E-state index in [1.54, 1.807) is 0 Å². The first kappa shape index (κ1) is 12.4. The van der Waals surface area contributed by atoms with Crippen molar-refractivity contribution in [2.75, 3.05) is 7.11 Å². The molecule has 0 aliphatic rings. The van der Waals surface area contributed by atoms with Crippen LogP contribution in [-0.2, 0) is 0 Å². The molecule has 2 aromatic carbocycles. The van der Waals surface area contributed by atoms with Crippen LogP contribution in [0.3, 0.4) is 0 Å². The molecule has 4 heteroatoms. The molecule has 0 aliphatic carbocycles. The molecular formula is C16H12FNO2. The molecule has 0 atom stereocenters. The fourth-order valence-electron chi connectivity index (χ4n) is 2.18. The lowest BCUT2D eigenvalue weighted by Gasteiger charge is -2.07. The second kappa shape index (κ2) is 4.81. The van der Waals surface area contributed by atoms with E-state index >= 15 is 0 Å². The van der Waals surface area contributed by atoms with Crippen molar-refractivity contribution in [3.05, 3.63) is 64.6 Å². The molecule has 0 spiro atoms. The van der Waals surface area contributed by atoms with Gasteiger partial charge < -0.3 is 9.72 Å². The maximum atomic E-state index is 13.7. The summed E-state index contributed by atoms with van der Waals surface area (Å²) in [6, 6.07) is 13.6. The molecule has 1 heterocycles. The normalized spacial score (nSPS) is 10.7. The Hall–Kier alpha value is -2.62. The van der Waals surface area contributed by atoms with Gasteiger partial charge >= 0.3 is 0 Å². The quantitative estimate of drug-likeness (QED) is 0.775. The lowest BCUT2D eigenvalue weighted by atomic mass is 10.1. The number of ether oxygens (including phenoxy) is 1. The van der Waals surface area contributed by atoms with Crippen LogP contribution in [0.15, 0.2) is 53.3 Å². The molecule has 0 amide bonds. The first-order chi connectivity index (χ1) is 9.69. The highest BCUT2D eigenvalue weighted by molar-refractivity contribution is 5.83. The third kappa shape index (κ3) is 2.05. The van der Waals surface area contributed by atoms with E-state index < -0.39 is 5.82 Å². The molecule has 20 heavy (non-hydrogen) atoms. The summed E-state index contributed by atoms with van der Waals surface area (Å²) in [6.07, 6.45) is 0. The summed E-state index contributed by atoms with van der Waals surface area (Å²) in [5.41, 5.74) is 1.82. The molecule has 0 radical (unpaired) electrons. The molecule has 0 aliphatic heterocycles. The number of aromatic amines is 1. The Morgan fingerprint density at radius 2 is 1.85 bits per heavy atom. The summed E-state index contributed by atoms with van der Waals surface area (Å²) in [7, 11) is 1.37. The predicted molar refractivity (Wildman–Crippen MR) is 76.5 cm³/mol. The Morgan fingerprint density at radius 1 is 1.10 bits per heavy atom. The van der Waals surface area contributed by atoms with E-state index in [-0.39, 0.29) is 11.2 Å². The van der Waals surface area contributed by atoms with E-state index in [0.717, 1.165) is 5.56 Å². The van der Waals surface area contributed by atoms with Crippen molar-refractivity contribution in [3.8, 4) is 17.0 Å². The zero-order valence-electron chi connectivity index (χ0n) is 10.8. The number of nitrogens with one attached hydrogen (secondary N) is 1. The van der Waals surface area contributed by atoms with Gasteiger partial charge in [0.15, 0.2) is 17.0 Å². The lowest BCUT2D eigenvalue weighted by Crippen LogP contribution is -2.04. The molecule has 1 N–H and O–H groups in total. The van der Waals surface area contributed by atoms with Crippen LogP contribution in [-0.4, -0.2) is 12.1 Å². The van der Waals surface area contributed by atoms with Gasteiger partial charge in [0, 0.05) is 23.2 Å². The Balaban J connectivity index is 2.27. The van der Waals surface area contributed by atoms with Crippen LogP contribution in [0.4, 0.5) is 4.39 Å². The van der Waals surface area contributed by atoms with Crippen LogP contribution in [0.2, 0.25) is 0 Å². The van der Waals surface area contributed by atoms with E-state index in [4.69, 9.17) is 4.74 Å². The number of hydrogen-bond acceptors (Lipinski definition) is 2. The zero-order valence-corrected chi connectivity index (χ0v) is 10.8. The van der Waals surface area contributed by atoms with Crippen LogP contribution in [0.5, 0.6) is 5.75 Å². The van der Waals surface area contributed by atoms with Crippen molar-refractivity contribution in [2.24, 2.45) is 0 Å². The minimum absolute atomic E-state index is 0.0652. The molecule has 3 aromatic rings. The van der Waals surface area contributed by atoms with Gasteiger partial charge in [-0.15, -0.1) is 0 Å². The zero-order chi connectivity index (χ0) is 14.1. The number of H-pyrrole nitrogens is 1. The first-order valence-electron chi connectivity index (χ1n) is 6.15. The number of rotatable bonds is 2. The SMILES string of the molecule is COc1cc2c(=O)cc(-c3ccccc3)[nH]c2cc1F. The number of methoxy groups -OCH3 is 1. The number of halogens is 1. The van der Waals surface area contributed by atoms with Gasteiger partial charge in [0.1, 0.15) is 0 Å². The van der Waals surface area contributed by atoms with Crippen molar-refractivity contribution in [1.82, 2.24) is 4.98 Å². The van der Waals surface area contributed by atoms with Crippen LogP contribution < -0.4 is 10.2 Å². The highest BCUT2D eigenvalue weighted by atomic mass is 19.1. The number of hydrogen-bond donors (Lipinski definition) is 1. The molecule has 0 bridgehead atoms. The summed E-state index contributed by atoms with van der Waals surface area (Å²) in [6.45, 7) is 0. The Labute approximate surface area is 114 Å². The van der Waals surface area contributed by atoms with Gasteiger partial charge in [0.2, 0.25) is 0 Å². The second-order valence-electron chi connectivity index (χ2n) is 4.45. The van der Waals surface area contributed by atoms with Crippen molar-refractivity contribution in [3.63, 3.8) is 0 Å². The number of benzene rings is 2. The van der Waals surface area contributed by atoms with Gasteiger partial charge in [-0.1, -0.05) is 30.3 Å². The lowest BCUT2D eigenvalue weighted by molar-refractivity contribution is 0.387. The van der Waals surface area contributed by atoms with E-state index in [1.807, 2.05) is 30.3 Å². The summed E-state index contributed by atoms with van der Waals surface area (Å²) in [5, 5.41) is 0.405. The molecule has 3 rings (SSSR count). The van der Waals surface area contributed by atoms with Gasteiger partial charge in [-0.3, -0.25) is 4.79 Å². The summed E-state index contributed by atoms with van der Waals surface area (Å²) >= 11 is 0. The van der Waals surface area contributed by atoms with E-state index in [1.165, 1.54) is 25.3 Å². The predicted octanol–water partition coefficient (Wildman–Crippen LogP) is 3.34. The summed E-state index contributed by atoms with van der Waals surface area (Å²) in [4.78, 5) is 15.2. The summed E-state index contributed by atoms with van der Waals surface area (Å²) < 4.78 is 18.6. The van der Waals surface area contributed by atoms with Gasteiger partial charge in [-0.25, -0.2) is 4.39 Å². The third-order valence-corrected chi connectivity index (χ3v) is 3.19. The van der Waals surface area contributed by atoms with Crippen LogP contribution >= 0.6 is 0 Å². The van der Waals surface area contributed by atoms with Crippen molar-refractivity contribution >= 4 is 10.9 Å². The van der Waals surface area contributed by atoms with E-state index in [2.05, 4.69) is 4.98 Å². The topological polar surface area (TPSA) is 42.1 Å². The molecule has 0 saturated carbocycles. The average Bonchev–Trinajstić information content (AvgIpc) is 2.47. The Bertz CT molecular complexity index is 825. The van der Waals surface area contributed by atoms with Crippen LogP contribution in [0.1, 0.15) is 0 Å². The van der Waals surface area contributed by atoms with Gasteiger partial charge in [0.05, 0.1) is 12.6 Å². The second-order valence-corrected chi connectivity index (χ2v) is 4.45. The minimum Gasteiger partial charge on any atom is -0.494 e. The maximum Gasteiger partial charge on any atom is 0.190 e. The third-order valence-electron chi connectivity index (χ3n) is 3.19. The molecule has 1 aromatic heterocycles. The van der Waals surface area contributed by atoms with Gasteiger partial charge in [0.25, 0.3) is 0 Å². The molecule has 3 nitrogen and oxygen atoms in total. The highest BCUT2D eigenvalue weighted by Crippen LogP contribution is 2.24. The maximum absolute atomic E-state index is 13.7. The fraction of sp³-hybridized carbons (Fsp3) is 0.0625. The molecule has 0 unspecified atom stereocenters. The van der Waals surface area contributed by atoms with Crippen molar-refractivity contribution in [1.29, 1.82) is 0 Å². The molecular weight excluding hydrogens is 257 g/mol. The van der Waals surface area contributed by atoms with Gasteiger partial charge in [-0.2, -0.15) is 0 Å². The summed E-state index contributed by atoms with van der Waals surface area (Å²) in [5.74, 6) is -0.434. The molecule has 0 saturated heterocycles. The minimum atomic E-state index is -0.499. The van der Waals surface area contributed by atoms with Gasteiger partial charge in [-0.05, 0) is 11.6 Å². The van der Waals surface area contributed by atoms with Crippen LogP contribution in [0, 0.1) is 5.82 Å². The van der Waals surface area contributed by atoms with Crippen molar-refractivity contribution in [2.45, 2.75) is 0 Å². The Kier molecular flexibility index (Phi) is 2.99. The Morgan fingerprint density at radius 3 is 2.55 bits per heavy atom. The highest BCUT2D eigenvalue weighted by Gasteiger charge is 2.09. The number of fused-ring (bicyclic) bond motifs is 1. The number of pyridine rings is 1. The first-order valence-corrected chi connectivity index (χ1v) is 6.15. The molecule has 0 fully saturated rings. The smallest absolute Gasteiger partial charge is 0.190 e. The van der Waals surface area contributed by atoms with Crippen LogP contribution in [0.25, 0.3) is 22.2 Å². The monoisotopic (exact) mass is 269 g/mol. The standard InChI is InChI=1S/C16H12FNO2/c1-20-16-7-11-14(8-12(16)17)18-13(9-15(11)19)10-5-3-2-4-6-10/h2-9H,1H3,(H,18,19). The van der Waals surface area contributed by atoms with E-state index in [0.29, 0.717) is 16.6 Å². The molecule has 100 valence electrons. The largest absolute Gasteiger partial charge is 0.494 e. The number of aromatic nitrogens is 1.